The van der Waals surface area contributed by atoms with Gasteiger partial charge in [0.2, 0.25) is 0 Å². The maximum atomic E-state index is 12.2. The van der Waals surface area contributed by atoms with Gasteiger partial charge >= 0.3 is 6.03 Å². The number of nitrogens with two attached hydrogens (primary N) is 1. The molecule has 0 saturated carbocycles. The van der Waals surface area contributed by atoms with Crippen molar-refractivity contribution in [2.24, 2.45) is 17.6 Å². The molecule has 0 aliphatic carbocycles. The van der Waals surface area contributed by atoms with Gasteiger partial charge in [0.15, 0.2) is 0 Å². The van der Waals surface area contributed by atoms with Crippen molar-refractivity contribution in [1.29, 1.82) is 0 Å². The monoisotopic (exact) mass is 239 g/mol. The van der Waals surface area contributed by atoms with Crippen LogP contribution in [-0.2, 0) is 0 Å². The van der Waals surface area contributed by atoms with E-state index in [4.69, 9.17) is 5.73 Å². The lowest BCUT2D eigenvalue weighted by atomic mass is 9.80. The minimum absolute atomic E-state index is 0.156. The Hall–Kier alpha value is -0.770. The first kappa shape index (κ1) is 12.7. The Labute approximate surface area is 104 Å². The Kier molecular flexibility index (Phi) is 3.34. The number of hydrogen-bond acceptors (Lipinski definition) is 2. The average molecular weight is 239 g/mol. The molecule has 4 heteroatoms. The minimum atomic E-state index is -0.156. The summed E-state index contributed by atoms with van der Waals surface area (Å²) in [5, 5.41) is 0. The number of carbonyl (C=O) groups is 1. The van der Waals surface area contributed by atoms with E-state index in [9.17, 15) is 4.79 Å². The summed E-state index contributed by atoms with van der Waals surface area (Å²) in [6.07, 6.45) is 2.38. The van der Waals surface area contributed by atoms with Crippen molar-refractivity contribution in [3.05, 3.63) is 0 Å². The summed E-state index contributed by atoms with van der Waals surface area (Å²) in [7, 11) is 0. The molecule has 0 aromatic carbocycles. The van der Waals surface area contributed by atoms with Crippen molar-refractivity contribution in [3.63, 3.8) is 0 Å². The predicted octanol–water partition coefficient (Wildman–Crippen LogP) is 1.51. The first-order valence-corrected chi connectivity index (χ1v) is 6.75. The van der Waals surface area contributed by atoms with Gasteiger partial charge in [-0.05, 0) is 24.7 Å². The topological polar surface area (TPSA) is 49.6 Å². The first-order chi connectivity index (χ1) is 7.92. The largest absolute Gasteiger partial charge is 0.324 e. The van der Waals surface area contributed by atoms with Gasteiger partial charge in [-0.1, -0.05) is 20.8 Å². The van der Waals surface area contributed by atoms with Crippen molar-refractivity contribution < 1.29 is 4.79 Å². The van der Waals surface area contributed by atoms with E-state index in [-0.39, 0.29) is 11.6 Å². The van der Waals surface area contributed by atoms with Gasteiger partial charge in [-0.25, -0.2) is 4.79 Å². The number of rotatable bonds is 1. The summed E-state index contributed by atoms with van der Waals surface area (Å²) in [5.74, 6) is 1.08. The zero-order chi connectivity index (χ0) is 12.6. The molecule has 0 bridgehead atoms. The highest BCUT2D eigenvalue weighted by Gasteiger charge is 2.45. The van der Waals surface area contributed by atoms with Gasteiger partial charge in [0, 0.05) is 26.2 Å². The van der Waals surface area contributed by atoms with E-state index in [2.05, 4.69) is 20.8 Å². The van der Waals surface area contributed by atoms with Crippen molar-refractivity contribution in [2.75, 3.05) is 26.2 Å². The smallest absolute Gasteiger partial charge is 0.320 e. The summed E-state index contributed by atoms with van der Waals surface area (Å²) < 4.78 is 0. The van der Waals surface area contributed by atoms with Gasteiger partial charge in [0.1, 0.15) is 0 Å². The molecule has 2 saturated heterocycles. The highest BCUT2D eigenvalue weighted by molar-refractivity contribution is 5.76. The van der Waals surface area contributed by atoms with E-state index in [1.807, 2.05) is 9.80 Å². The molecule has 2 aliphatic rings. The number of amides is 2. The van der Waals surface area contributed by atoms with E-state index in [0.29, 0.717) is 24.9 Å². The summed E-state index contributed by atoms with van der Waals surface area (Å²) in [6, 6.07) is 0.193. The van der Waals surface area contributed by atoms with Crippen LogP contribution in [-0.4, -0.2) is 47.5 Å². The molecule has 2 amide bonds. The third-order valence-electron chi connectivity index (χ3n) is 4.32. The maximum Gasteiger partial charge on any atom is 0.320 e. The SMILES string of the molecule is CC1CCCN(C(=O)N2CC(N)(C(C)C)C2)C1. The molecule has 4 nitrogen and oxygen atoms in total. The van der Waals surface area contributed by atoms with E-state index in [0.717, 1.165) is 19.5 Å². The molecule has 0 aromatic rings. The molecule has 1 unspecified atom stereocenters. The molecule has 2 rings (SSSR count). The highest BCUT2D eigenvalue weighted by atomic mass is 16.2. The van der Waals surface area contributed by atoms with E-state index < -0.39 is 0 Å². The molecule has 98 valence electrons. The van der Waals surface area contributed by atoms with Crippen molar-refractivity contribution in [3.8, 4) is 0 Å². The molecule has 1 atom stereocenters. The lowest BCUT2D eigenvalue weighted by Crippen LogP contribution is -2.72. The maximum absolute atomic E-state index is 12.2. The number of likely N-dealkylation sites (tertiary alicyclic amines) is 2. The number of carbonyl (C=O) groups excluding carboxylic acids is 1. The van der Waals surface area contributed by atoms with Crippen LogP contribution in [0.1, 0.15) is 33.6 Å². The summed E-state index contributed by atoms with van der Waals surface area (Å²) >= 11 is 0. The van der Waals surface area contributed by atoms with Crippen LogP contribution in [0.25, 0.3) is 0 Å². The van der Waals surface area contributed by atoms with E-state index in [1.54, 1.807) is 0 Å². The Morgan fingerprint density at radius 3 is 2.53 bits per heavy atom. The number of nitrogens with zero attached hydrogens (tertiary/aromatic N) is 2. The van der Waals surface area contributed by atoms with Crippen LogP contribution in [0.4, 0.5) is 4.79 Å². The zero-order valence-electron chi connectivity index (χ0n) is 11.3. The fraction of sp³-hybridized carbons (Fsp3) is 0.923. The Bertz CT molecular complexity index is 297. The Morgan fingerprint density at radius 1 is 1.35 bits per heavy atom. The second kappa shape index (κ2) is 4.48. The van der Waals surface area contributed by atoms with Crippen molar-refractivity contribution in [1.82, 2.24) is 9.80 Å². The van der Waals surface area contributed by atoms with Gasteiger partial charge < -0.3 is 15.5 Å². The molecule has 17 heavy (non-hydrogen) atoms. The van der Waals surface area contributed by atoms with Crippen LogP contribution in [0, 0.1) is 11.8 Å². The van der Waals surface area contributed by atoms with E-state index >= 15 is 0 Å². The molecule has 0 spiro atoms. The number of hydrogen-bond donors (Lipinski definition) is 1. The second-order valence-electron chi connectivity index (χ2n) is 6.22. The third kappa shape index (κ3) is 2.41. The van der Waals surface area contributed by atoms with Crippen LogP contribution in [0.3, 0.4) is 0 Å². The molecular weight excluding hydrogens is 214 g/mol. The summed E-state index contributed by atoms with van der Waals surface area (Å²) in [4.78, 5) is 16.1. The fourth-order valence-electron chi connectivity index (χ4n) is 2.73. The first-order valence-electron chi connectivity index (χ1n) is 6.75. The van der Waals surface area contributed by atoms with Crippen LogP contribution in [0.5, 0.6) is 0 Å². The minimum Gasteiger partial charge on any atom is -0.324 e. The third-order valence-corrected chi connectivity index (χ3v) is 4.32. The lowest BCUT2D eigenvalue weighted by molar-refractivity contribution is 0.0409. The van der Waals surface area contributed by atoms with Crippen LogP contribution in [0.15, 0.2) is 0 Å². The summed E-state index contributed by atoms with van der Waals surface area (Å²) in [6.45, 7) is 9.74. The van der Waals surface area contributed by atoms with Gasteiger partial charge in [-0.3, -0.25) is 0 Å². The van der Waals surface area contributed by atoms with Crippen LogP contribution < -0.4 is 5.73 Å². The quantitative estimate of drug-likeness (QED) is 0.754. The molecule has 2 N–H and O–H groups in total. The fourth-order valence-corrected chi connectivity index (χ4v) is 2.73. The normalized spacial score (nSPS) is 28.2. The van der Waals surface area contributed by atoms with E-state index in [1.165, 1.54) is 6.42 Å². The number of piperidine rings is 1. The van der Waals surface area contributed by atoms with Crippen LogP contribution in [0.2, 0.25) is 0 Å². The van der Waals surface area contributed by atoms with Gasteiger partial charge in [0.25, 0.3) is 0 Å². The highest BCUT2D eigenvalue weighted by Crippen LogP contribution is 2.28. The van der Waals surface area contributed by atoms with Gasteiger partial charge in [0.05, 0.1) is 5.54 Å². The molecule has 0 aromatic heterocycles. The van der Waals surface area contributed by atoms with Gasteiger partial charge in [-0.15, -0.1) is 0 Å². The molecule has 0 radical (unpaired) electrons. The molecule has 2 heterocycles. The van der Waals surface area contributed by atoms with Gasteiger partial charge in [-0.2, -0.15) is 0 Å². The predicted molar refractivity (Wildman–Crippen MR) is 68.7 cm³/mol. The lowest BCUT2D eigenvalue weighted by Gasteiger charge is -2.51. The molecular formula is C13H25N3O. The zero-order valence-corrected chi connectivity index (χ0v) is 11.3. The van der Waals surface area contributed by atoms with Crippen LogP contribution >= 0.6 is 0 Å². The van der Waals surface area contributed by atoms with Crippen molar-refractivity contribution in [2.45, 2.75) is 39.2 Å². The second-order valence-corrected chi connectivity index (χ2v) is 6.22. The molecule has 2 aliphatic heterocycles. The Morgan fingerprint density at radius 2 is 2.00 bits per heavy atom. The van der Waals surface area contributed by atoms with Crippen molar-refractivity contribution >= 4 is 6.03 Å². The summed E-state index contributed by atoms with van der Waals surface area (Å²) in [5.41, 5.74) is 6.06. The standard InChI is InChI=1S/C13H25N3O/c1-10(2)13(14)8-16(9-13)12(17)15-6-4-5-11(3)7-15/h10-11H,4-9,14H2,1-3H3. The molecule has 2 fully saturated rings. The number of urea groups is 1. The Balaban J connectivity index is 1.86. The average Bonchev–Trinajstić information content (AvgIpc) is 2.23.